The molecule has 0 bridgehead atoms. The van der Waals surface area contributed by atoms with Crippen molar-refractivity contribution in [2.45, 2.75) is 27.4 Å². The summed E-state index contributed by atoms with van der Waals surface area (Å²) < 4.78 is 16.6. The fraction of sp³-hybridized carbons (Fsp3) is 0.263. The summed E-state index contributed by atoms with van der Waals surface area (Å²) in [5, 5.41) is 0.703. The van der Waals surface area contributed by atoms with Gasteiger partial charge >= 0.3 is 5.97 Å². The first-order valence-electron chi connectivity index (χ1n) is 7.83. The van der Waals surface area contributed by atoms with E-state index in [1.807, 2.05) is 31.2 Å². The van der Waals surface area contributed by atoms with E-state index in [-0.39, 0.29) is 5.97 Å². The van der Waals surface area contributed by atoms with Crippen LogP contribution < -0.4 is 4.74 Å². The number of furan rings is 1. The first kappa shape index (κ1) is 16.1. The molecule has 0 atom stereocenters. The van der Waals surface area contributed by atoms with E-state index in [2.05, 4.69) is 4.98 Å². The molecule has 0 fully saturated rings. The van der Waals surface area contributed by atoms with Crippen LogP contribution in [0.25, 0.3) is 11.0 Å². The molecule has 0 saturated carbocycles. The van der Waals surface area contributed by atoms with Crippen LogP contribution in [0, 0.1) is 13.8 Å². The van der Waals surface area contributed by atoms with Gasteiger partial charge < -0.3 is 13.9 Å². The van der Waals surface area contributed by atoms with Gasteiger partial charge in [-0.2, -0.15) is 0 Å². The quantitative estimate of drug-likeness (QED) is 0.658. The monoisotopic (exact) mass is 325 g/mol. The van der Waals surface area contributed by atoms with Crippen molar-refractivity contribution in [2.75, 3.05) is 6.61 Å². The van der Waals surface area contributed by atoms with Gasteiger partial charge in [0.25, 0.3) is 0 Å². The minimum Gasteiger partial charge on any atom is -0.489 e. The number of carbonyl (C=O) groups excluding carboxylic acids is 1. The predicted octanol–water partition coefficient (Wildman–Crippen LogP) is 4.20. The van der Waals surface area contributed by atoms with E-state index in [1.165, 1.54) is 0 Å². The van der Waals surface area contributed by atoms with Crippen LogP contribution in [-0.4, -0.2) is 17.6 Å². The van der Waals surface area contributed by atoms with E-state index in [9.17, 15) is 4.79 Å². The lowest BCUT2D eigenvalue weighted by Gasteiger charge is -2.07. The van der Waals surface area contributed by atoms with Crippen molar-refractivity contribution in [3.05, 3.63) is 59.1 Å². The average Bonchev–Trinajstić information content (AvgIpc) is 2.88. The van der Waals surface area contributed by atoms with Crippen LogP contribution >= 0.6 is 0 Å². The number of carbonyl (C=O) groups is 1. The number of hydrogen-bond acceptors (Lipinski definition) is 5. The number of aryl methyl sites for hydroxylation is 2. The van der Waals surface area contributed by atoms with Gasteiger partial charge in [-0.25, -0.2) is 4.79 Å². The first-order chi connectivity index (χ1) is 11.6. The third kappa shape index (κ3) is 3.25. The molecule has 0 aliphatic heterocycles. The Morgan fingerprint density at radius 1 is 1.21 bits per heavy atom. The van der Waals surface area contributed by atoms with Crippen molar-refractivity contribution < 1.29 is 18.7 Å². The van der Waals surface area contributed by atoms with Crippen molar-refractivity contribution in [3.8, 4) is 5.75 Å². The maximum Gasteiger partial charge on any atom is 0.342 e. The Labute approximate surface area is 140 Å². The molecule has 0 radical (unpaired) electrons. The highest BCUT2D eigenvalue weighted by molar-refractivity contribution is 6.04. The molecule has 5 nitrogen and oxygen atoms in total. The van der Waals surface area contributed by atoms with Crippen molar-refractivity contribution >= 4 is 16.9 Å². The van der Waals surface area contributed by atoms with Gasteiger partial charge in [0.2, 0.25) is 0 Å². The highest BCUT2D eigenvalue weighted by Crippen LogP contribution is 2.30. The Balaban J connectivity index is 1.87. The van der Waals surface area contributed by atoms with Crippen LogP contribution in [0.3, 0.4) is 0 Å². The van der Waals surface area contributed by atoms with Crippen LogP contribution in [0.1, 0.15) is 34.3 Å². The summed E-state index contributed by atoms with van der Waals surface area (Å²) in [7, 11) is 0. The molecule has 24 heavy (non-hydrogen) atoms. The number of esters is 1. The van der Waals surface area contributed by atoms with Crippen molar-refractivity contribution in [3.63, 3.8) is 0 Å². The Morgan fingerprint density at radius 2 is 2.04 bits per heavy atom. The smallest absolute Gasteiger partial charge is 0.342 e. The third-order valence-corrected chi connectivity index (χ3v) is 3.68. The summed E-state index contributed by atoms with van der Waals surface area (Å²) >= 11 is 0. The highest BCUT2D eigenvalue weighted by Gasteiger charge is 2.19. The molecule has 0 N–H and O–H groups in total. The molecule has 0 aliphatic rings. The minimum atomic E-state index is -0.379. The van der Waals surface area contributed by atoms with Gasteiger partial charge in [0, 0.05) is 17.3 Å². The van der Waals surface area contributed by atoms with E-state index in [4.69, 9.17) is 13.9 Å². The van der Waals surface area contributed by atoms with Crippen LogP contribution in [-0.2, 0) is 11.3 Å². The average molecular weight is 325 g/mol. The van der Waals surface area contributed by atoms with Crippen molar-refractivity contribution in [2.24, 2.45) is 0 Å². The van der Waals surface area contributed by atoms with Gasteiger partial charge in [-0.1, -0.05) is 0 Å². The van der Waals surface area contributed by atoms with Crippen LogP contribution in [0.15, 0.2) is 40.9 Å². The molecular formula is C19H19NO4. The number of aromatic nitrogens is 1. The number of pyridine rings is 1. The molecular weight excluding hydrogens is 306 g/mol. The van der Waals surface area contributed by atoms with Gasteiger partial charge in [-0.3, -0.25) is 4.98 Å². The molecule has 3 aromatic rings. The molecule has 0 amide bonds. The summed E-state index contributed by atoms with van der Waals surface area (Å²) in [4.78, 5) is 16.3. The van der Waals surface area contributed by atoms with Crippen molar-refractivity contribution in [1.29, 1.82) is 0 Å². The second-order valence-electron chi connectivity index (χ2n) is 5.51. The van der Waals surface area contributed by atoms with Gasteiger partial charge in [0.15, 0.2) is 0 Å². The molecule has 0 spiro atoms. The van der Waals surface area contributed by atoms with E-state index in [0.717, 1.165) is 11.3 Å². The van der Waals surface area contributed by atoms with Crippen LogP contribution in [0.2, 0.25) is 0 Å². The number of benzene rings is 1. The molecule has 5 heteroatoms. The number of nitrogens with zero attached hydrogens (tertiary/aromatic N) is 1. The predicted molar refractivity (Wildman–Crippen MR) is 90.2 cm³/mol. The molecule has 0 aliphatic carbocycles. The summed E-state index contributed by atoms with van der Waals surface area (Å²) in [6.07, 6.45) is 1.76. The molecule has 0 unspecified atom stereocenters. The number of hydrogen-bond donors (Lipinski definition) is 0. The molecule has 124 valence electrons. The Hall–Kier alpha value is -2.82. The van der Waals surface area contributed by atoms with E-state index < -0.39 is 0 Å². The van der Waals surface area contributed by atoms with Gasteiger partial charge in [-0.15, -0.1) is 0 Å². The summed E-state index contributed by atoms with van der Waals surface area (Å²) in [5.74, 6) is 0.837. The maximum absolute atomic E-state index is 12.1. The summed E-state index contributed by atoms with van der Waals surface area (Å²) in [5.41, 5.74) is 3.08. The van der Waals surface area contributed by atoms with E-state index >= 15 is 0 Å². The van der Waals surface area contributed by atoms with Gasteiger partial charge in [0.05, 0.1) is 6.61 Å². The molecule has 1 aromatic carbocycles. The second kappa shape index (κ2) is 6.74. The molecule has 2 heterocycles. The van der Waals surface area contributed by atoms with Gasteiger partial charge in [-0.05, 0) is 56.7 Å². The zero-order chi connectivity index (χ0) is 17.1. The molecule has 2 aromatic heterocycles. The van der Waals surface area contributed by atoms with E-state index in [0.29, 0.717) is 41.3 Å². The van der Waals surface area contributed by atoms with Gasteiger partial charge in [0.1, 0.15) is 29.3 Å². The lowest BCUT2D eigenvalue weighted by molar-refractivity contribution is 0.0526. The Morgan fingerprint density at radius 3 is 2.79 bits per heavy atom. The largest absolute Gasteiger partial charge is 0.489 e. The normalized spacial score (nSPS) is 10.8. The molecule has 3 rings (SSSR count). The lowest BCUT2D eigenvalue weighted by Crippen LogP contribution is -2.05. The van der Waals surface area contributed by atoms with E-state index in [1.54, 1.807) is 26.1 Å². The molecule has 0 saturated heterocycles. The van der Waals surface area contributed by atoms with Crippen molar-refractivity contribution in [1.82, 2.24) is 4.98 Å². The number of fused-ring (bicyclic) bond motifs is 1. The summed E-state index contributed by atoms with van der Waals surface area (Å²) in [6, 6.07) is 9.33. The number of ether oxygens (including phenoxy) is 2. The summed E-state index contributed by atoms with van der Waals surface area (Å²) in [6.45, 7) is 6.23. The van der Waals surface area contributed by atoms with Crippen LogP contribution in [0.5, 0.6) is 5.75 Å². The fourth-order valence-corrected chi connectivity index (χ4v) is 2.61. The maximum atomic E-state index is 12.1. The minimum absolute atomic E-state index is 0.322. The second-order valence-corrected chi connectivity index (χ2v) is 5.51. The zero-order valence-electron chi connectivity index (χ0n) is 14.0. The highest BCUT2D eigenvalue weighted by atomic mass is 16.5. The SMILES string of the molecule is CCOC(=O)c1c(C)oc2ccc(OCc3ccnc(C)c3)cc12. The fourth-order valence-electron chi connectivity index (χ4n) is 2.61. The lowest BCUT2D eigenvalue weighted by atomic mass is 10.1. The topological polar surface area (TPSA) is 61.6 Å². The van der Waals surface area contributed by atoms with Crippen LogP contribution in [0.4, 0.5) is 0 Å². The first-order valence-corrected chi connectivity index (χ1v) is 7.83. The Bertz CT molecular complexity index is 882. The zero-order valence-corrected chi connectivity index (χ0v) is 14.0. The number of rotatable bonds is 5. The standard InChI is InChI=1S/C19H19NO4/c1-4-22-19(21)18-13(3)24-17-6-5-15(10-16(17)18)23-11-14-7-8-20-12(2)9-14/h5-10H,4,11H2,1-3H3. The Kier molecular flexibility index (Phi) is 4.51. The third-order valence-electron chi connectivity index (χ3n) is 3.68.